The fraction of sp³-hybridized carbons (Fsp3) is 0.167. The highest BCUT2D eigenvalue weighted by molar-refractivity contribution is 6.55. The summed E-state index contributed by atoms with van der Waals surface area (Å²) in [5, 5.41) is 0. The van der Waals surface area contributed by atoms with E-state index >= 15 is 0 Å². The van der Waals surface area contributed by atoms with Crippen LogP contribution in [-0.2, 0) is 28.3 Å². The molecule has 0 spiro atoms. The highest BCUT2D eigenvalue weighted by Crippen LogP contribution is 2.24. The van der Waals surface area contributed by atoms with Crippen molar-refractivity contribution in [3.8, 4) is 0 Å². The van der Waals surface area contributed by atoms with Gasteiger partial charge in [-0.15, -0.1) is 0 Å². The second-order valence-corrected chi connectivity index (χ2v) is 2.42. The molecule has 0 aliphatic carbocycles. The maximum atomic E-state index is 12.0. The van der Waals surface area contributed by atoms with Crippen molar-refractivity contribution < 1.29 is 41.5 Å². The van der Waals surface area contributed by atoms with Gasteiger partial charge in [-0.25, -0.2) is 9.59 Å². The first-order chi connectivity index (χ1) is 7.34. The van der Waals surface area contributed by atoms with Crippen LogP contribution in [0.15, 0.2) is 11.8 Å². The van der Waals surface area contributed by atoms with Crippen LogP contribution in [0.1, 0.15) is 0 Å². The van der Waals surface area contributed by atoms with Crippen LogP contribution in [0, 0.1) is 0 Å². The number of hydrogen-bond donors (Lipinski definition) is 0. The van der Waals surface area contributed by atoms with E-state index in [0.717, 1.165) is 0 Å². The molecule has 10 heteroatoms. The number of rotatable bonds is 3. The SMILES string of the molecule is O=CC(=COB1OC(=O)C(=O)O1)C(F)(F)F. The molecule has 0 saturated carbocycles. The van der Waals surface area contributed by atoms with Crippen LogP contribution in [0.3, 0.4) is 0 Å². The third kappa shape index (κ3) is 2.75. The van der Waals surface area contributed by atoms with Crippen molar-refractivity contribution in [2.75, 3.05) is 0 Å². The van der Waals surface area contributed by atoms with E-state index in [-0.39, 0.29) is 6.26 Å². The van der Waals surface area contributed by atoms with Gasteiger partial charge in [-0.2, -0.15) is 13.2 Å². The van der Waals surface area contributed by atoms with Crippen molar-refractivity contribution >= 4 is 25.5 Å². The summed E-state index contributed by atoms with van der Waals surface area (Å²) in [6.45, 7) is 0. The topological polar surface area (TPSA) is 78.9 Å². The Hall–Kier alpha value is -2.00. The molecule has 1 saturated heterocycles. The fourth-order valence-corrected chi connectivity index (χ4v) is 0.641. The molecule has 16 heavy (non-hydrogen) atoms. The molecule has 1 fully saturated rings. The summed E-state index contributed by atoms with van der Waals surface area (Å²) in [7, 11) is -1.91. The summed E-state index contributed by atoms with van der Waals surface area (Å²) < 4.78 is 48.0. The Morgan fingerprint density at radius 2 is 1.75 bits per heavy atom. The Morgan fingerprint density at radius 3 is 2.12 bits per heavy atom. The molecule has 0 radical (unpaired) electrons. The van der Waals surface area contributed by atoms with E-state index in [0.29, 0.717) is 0 Å². The van der Waals surface area contributed by atoms with Gasteiger partial charge in [0.25, 0.3) is 0 Å². The summed E-state index contributed by atoms with van der Waals surface area (Å²) in [5.74, 6) is -2.78. The standard InChI is InChI=1S/C6H2BF3O6/c8-6(9,10)3(1-11)2-14-7-15-4(12)5(13)16-7/h1-2H. The average Bonchev–Trinajstić information content (AvgIpc) is 2.45. The summed E-state index contributed by atoms with van der Waals surface area (Å²) in [6.07, 6.45) is -5.42. The molecule has 0 bridgehead atoms. The van der Waals surface area contributed by atoms with E-state index in [1.165, 1.54) is 0 Å². The zero-order valence-electron chi connectivity index (χ0n) is 7.32. The van der Waals surface area contributed by atoms with Crippen LogP contribution >= 0.6 is 0 Å². The third-order valence-corrected chi connectivity index (χ3v) is 1.33. The number of allylic oxidation sites excluding steroid dienone is 1. The predicted octanol–water partition coefficient (Wildman–Crippen LogP) is -0.267. The zero-order chi connectivity index (χ0) is 12.3. The lowest BCUT2D eigenvalue weighted by Crippen LogP contribution is -2.20. The predicted molar refractivity (Wildman–Crippen MR) is 39.2 cm³/mol. The van der Waals surface area contributed by atoms with E-state index in [1.807, 2.05) is 0 Å². The Bertz CT molecular complexity index is 346. The van der Waals surface area contributed by atoms with Gasteiger partial charge in [0.2, 0.25) is 0 Å². The van der Waals surface area contributed by atoms with Gasteiger partial charge >= 0.3 is 25.4 Å². The van der Waals surface area contributed by atoms with Crippen molar-refractivity contribution in [3.05, 3.63) is 11.8 Å². The average molecular weight is 238 g/mol. The first-order valence-corrected chi connectivity index (χ1v) is 3.64. The second-order valence-electron chi connectivity index (χ2n) is 2.42. The van der Waals surface area contributed by atoms with Crippen molar-refractivity contribution in [2.24, 2.45) is 0 Å². The van der Waals surface area contributed by atoms with Crippen molar-refractivity contribution in [1.82, 2.24) is 0 Å². The lowest BCUT2D eigenvalue weighted by atomic mass is 10.2. The second kappa shape index (κ2) is 4.25. The summed E-state index contributed by atoms with van der Waals surface area (Å²) in [6, 6.07) is 0. The summed E-state index contributed by atoms with van der Waals surface area (Å²) in [5.41, 5.74) is -1.65. The smallest absolute Gasteiger partial charge is 0.495 e. The minimum absolute atomic E-state index is 0.0104. The molecular formula is C6H2BF3O6. The number of carbonyl (C=O) groups is 3. The number of halogens is 3. The van der Waals surface area contributed by atoms with Gasteiger partial charge in [0.05, 0.1) is 6.26 Å². The minimum atomic E-state index is -4.91. The van der Waals surface area contributed by atoms with Gasteiger partial charge in [0, 0.05) is 0 Å². The minimum Gasteiger partial charge on any atom is -0.495 e. The molecule has 0 unspecified atom stereocenters. The number of aldehydes is 1. The monoisotopic (exact) mass is 238 g/mol. The van der Waals surface area contributed by atoms with Crippen molar-refractivity contribution in [2.45, 2.75) is 6.18 Å². The van der Waals surface area contributed by atoms with Gasteiger partial charge in [0.15, 0.2) is 6.29 Å². The molecule has 0 aromatic heterocycles. The highest BCUT2D eigenvalue weighted by Gasteiger charge is 2.45. The molecule has 0 N–H and O–H groups in total. The van der Waals surface area contributed by atoms with E-state index in [1.54, 1.807) is 0 Å². The van der Waals surface area contributed by atoms with Crippen LogP contribution in [0.2, 0.25) is 0 Å². The molecular weight excluding hydrogens is 236 g/mol. The first-order valence-electron chi connectivity index (χ1n) is 3.64. The maximum absolute atomic E-state index is 12.0. The molecule has 1 heterocycles. The maximum Gasteiger partial charge on any atom is 0.868 e. The van der Waals surface area contributed by atoms with Gasteiger partial charge in [-0.05, 0) is 0 Å². The van der Waals surface area contributed by atoms with E-state index in [4.69, 9.17) is 0 Å². The largest absolute Gasteiger partial charge is 0.868 e. The van der Waals surface area contributed by atoms with Crippen LogP contribution in [-0.4, -0.2) is 31.7 Å². The lowest BCUT2D eigenvalue weighted by Gasteiger charge is -2.05. The quantitative estimate of drug-likeness (QED) is 0.221. The first kappa shape index (κ1) is 12.1. The van der Waals surface area contributed by atoms with Gasteiger partial charge in [-0.1, -0.05) is 0 Å². The number of alkyl halides is 3. The van der Waals surface area contributed by atoms with Crippen molar-refractivity contribution in [1.29, 1.82) is 0 Å². The molecule has 86 valence electrons. The molecule has 0 amide bonds. The van der Waals surface area contributed by atoms with Crippen LogP contribution < -0.4 is 0 Å². The lowest BCUT2D eigenvalue weighted by molar-refractivity contribution is -0.150. The third-order valence-electron chi connectivity index (χ3n) is 1.33. The number of carbonyl (C=O) groups excluding carboxylic acids is 3. The van der Waals surface area contributed by atoms with E-state index in [9.17, 15) is 27.6 Å². The summed E-state index contributed by atoms with van der Waals surface area (Å²) >= 11 is 0. The molecule has 1 aliphatic heterocycles. The van der Waals surface area contributed by atoms with E-state index < -0.39 is 37.3 Å². The van der Waals surface area contributed by atoms with Gasteiger partial charge in [-0.3, -0.25) is 4.79 Å². The molecule has 6 nitrogen and oxygen atoms in total. The molecule has 1 aliphatic rings. The highest BCUT2D eigenvalue weighted by atomic mass is 19.4. The molecule has 1 rings (SSSR count). The Kier molecular flexibility index (Phi) is 3.21. The van der Waals surface area contributed by atoms with E-state index in [2.05, 4.69) is 14.0 Å². The normalized spacial score (nSPS) is 16.9. The molecule has 0 atom stereocenters. The van der Waals surface area contributed by atoms with Gasteiger partial charge in [0.1, 0.15) is 5.57 Å². The van der Waals surface area contributed by atoms with Crippen molar-refractivity contribution in [3.63, 3.8) is 0 Å². The van der Waals surface area contributed by atoms with Crippen LogP contribution in [0.4, 0.5) is 13.2 Å². The Labute approximate surface area is 86.1 Å². The zero-order valence-corrected chi connectivity index (χ0v) is 7.32. The Morgan fingerprint density at radius 1 is 1.25 bits per heavy atom. The number of hydrogen-bond acceptors (Lipinski definition) is 6. The van der Waals surface area contributed by atoms with Crippen LogP contribution in [0.5, 0.6) is 0 Å². The van der Waals surface area contributed by atoms with Gasteiger partial charge < -0.3 is 14.0 Å². The molecule has 0 aromatic rings. The molecule has 0 aromatic carbocycles. The Balaban J connectivity index is 2.62. The van der Waals surface area contributed by atoms with Crippen LogP contribution in [0.25, 0.3) is 0 Å². The fourth-order valence-electron chi connectivity index (χ4n) is 0.641. The summed E-state index contributed by atoms with van der Waals surface area (Å²) in [4.78, 5) is 30.8.